The zero-order valence-electron chi connectivity index (χ0n) is 10.3. The van der Waals surface area contributed by atoms with Crippen molar-refractivity contribution in [2.24, 2.45) is 0 Å². The number of carboxylic acids is 1. The van der Waals surface area contributed by atoms with E-state index in [9.17, 15) is 13.2 Å². The third-order valence-electron chi connectivity index (χ3n) is 2.57. The lowest BCUT2D eigenvalue weighted by Gasteiger charge is -2.10. The Balaban J connectivity index is 2.35. The number of rotatable bonds is 4. The number of anilines is 1. The van der Waals surface area contributed by atoms with Crippen molar-refractivity contribution in [2.45, 2.75) is 11.1 Å². The molecule has 2 N–H and O–H groups in total. The van der Waals surface area contributed by atoms with E-state index in [-0.39, 0.29) is 9.09 Å². The lowest BCUT2D eigenvalue weighted by molar-refractivity contribution is 0.0702. The quantitative estimate of drug-likeness (QED) is 0.858. The van der Waals surface area contributed by atoms with Crippen LogP contribution in [-0.2, 0) is 10.0 Å². The van der Waals surface area contributed by atoms with E-state index in [0.717, 1.165) is 10.0 Å². The van der Waals surface area contributed by atoms with E-state index >= 15 is 0 Å². The molecule has 106 valence electrons. The fraction of sp³-hybridized carbons (Fsp3) is 0.0833. The summed E-state index contributed by atoms with van der Waals surface area (Å²) in [6.45, 7) is 1.78. The highest BCUT2D eigenvalue weighted by Gasteiger charge is 2.20. The predicted octanol–water partition coefficient (Wildman–Crippen LogP) is 3.32. The van der Waals surface area contributed by atoms with Gasteiger partial charge in [-0.25, -0.2) is 13.2 Å². The molecule has 8 heteroatoms. The van der Waals surface area contributed by atoms with Crippen LogP contribution in [0.1, 0.15) is 15.2 Å². The van der Waals surface area contributed by atoms with Crippen LogP contribution in [0.5, 0.6) is 0 Å². The Kier molecular flexibility index (Phi) is 4.17. The van der Waals surface area contributed by atoms with Crippen molar-refractivity contribution in [3.63, 3.8) is 0 Å². The van der Waals surface area contributed by atoms with E-state index in [2.05, 4.69) is 20.7 Å². The summed E-state index contributed by atoms with van der Waals surface area (Å²) < 4.78 is 27.6. The van der Waals surface area contributed by atoms with Crippen LogP contribution in [0.25, 0.3) is 0 Å². The SMILES string of the molecule is Cc1c(Br)cccc1NS(=O)(=O)c1ccc(C(=O)O)s1. The molecule has 0 aliphatic heterocycles. The zero-order valence-corrected chi connectivity index (χ0v) is 13.5. The summed E-state index contributed by atoms with van der Waals surface area (Å²) in [5.41, 5.74) is 1.20. The standard InChI is InChI=1S/C12H10BrNO4S2/c1-7-8(13)3-2-4-9(7)14-20(17,18)11-6-5-10(19-11)12(15)16/h2-6,14H,1H3,(H,15,16). The minimum absolute atomic E-state index is 0.0173. The van der Waals surface area contributed by atoms with Gasteiger partial charge in [0.05, 0.1) is 5.69 Å². The summed E-state index contributed by atoms with van der Waals surface area (Å²) in [5, 5.41) is 8.82. The van der Waals surface area contributed by atoms with Crippen molar-refractivity contribution in [3.05, 3.63) is 45.2 Å². The smallest absolute Gasteiger partial charge is 0.345 e. The Hall–Kier alpha value is -1.38. The second-order valence-electron chi connectivity index (χ2n) is 3.94. The summed E-state index contributed by atoms with van der Waals surface area (Å²) >= 11 is 4.04. The van der Waals surface area contributed by atoms with Crippen LogP contribution in [0.2, 0.25) is 0 Å². The molecule has 0 aliphatic carbocycles. The highest BCUT2D eigenvalue weighted by atomic mass is 79.9. The van der Waals surface area contributed by atoms with Gasteiger partial charge in [-0.2, -0.15) is 0 Å². The number of carboxylic acid groups (broad SMARTS) is 1. The predicted molar refractivity (Wildman–Crippen MR) is 81.0 cm³/mol. The topological polar surface area (TPSA) is 83.5 Å². The molecule has 20 heavy (non-hydrogen) atoms. The number of thiophene rings is 1. The second-order valence-corrected chi connectivity index (χ2v) is 7.79. The number of aromatic carboxylic acids is 1. The highest BCUT2D eigenvalue weighted by molar-refractivity contribution is 9.10. The molecular formula is C12H10BrNO4S2. The summed E-state index contributed by atoms with van der Waals surface area (Å²) in [6.07, 6.45) is 0. The number of nitrogens with one attached hydrogen (secondary N) is 1. The molecule has 0 saturated heterocycles. The van der Waals surface area contributed by atoms with Gasteiger partial charge in [0, 0.05) is 4.47 Å². The summed E-state index contributed by atoms with van der Waals surface area (Å²) in [4.78, 5) is 10.8. The molecule has 1 aromatic carbocycles. The number of carbonyl (C=O) groups is 1. The van der Waals surface area contributed by atoms with E-state index in [0.29, 0.717) is 17.0 Å². The van der Waals surface area contributed by atoms with Gasteiger partial charge in [0.1, 0.15) is 9.09 Å². The van der Waals surface area contributed by atoms with Gasteiger partial charge in [0.15, 0.2) is 0 Å². The Morgan fingerprint density at radius 3 is 2.60 bits per heavy atom. The minimum atomic E-state index is -3.78. The van der Waals surface area contributed by atoms with Crippen molar-refractivity contribution in [3.8, 4) is 0 Å². The lowest BCUT2D eigenvalue weighted by atomic mass is 10.2. The Labute approximate surface area is 128 Å². The maximum Gasteiger partial charge on any atom is 0.345 e. The molecule has 0 bridgehead atoms. The normalized spacial score (nSPS) is 11.3. The molecular weight excluding hydrogens is 366 g/mol. The number of hydrogen-bond donors (Lipinski definition) is 2. The summed E-state index contributed by atoms with van der Waals surface area (Å²) in [7, 11) is -3.78. The first-order chi connectivity index (χ1) is 9.31. The summed E-state index contributed by atoms with van der Waals surface area (Å²) in [5.74, 6) is -1.14. The van der Waals surface area contributed by atoms with Crippen LogP contribution >= 0.6 is 27.3 Å². The molecule has 0 unspecified atom stereocenters. The molecule has 0 amide bonds. The first kappa shape index (κ1) is 15.0. The van der Waals surface area contributed by atoms with E-state index in [4.69, 9.17) is 5.11 Å². The molecule has 1 heterocycles. The van der Waals surface area contributed by atoms with E-state index in [1.807, 2.05) is 0 Å². The average Bonchev–Trinajstić information content (AvgIpc) is 2.85. The van der Waals surface area contributed by atoms with Crippen molar-refractivity contribution < 1.29 is 18.3 Å². The van der Waals surface area contributed by atoms with E-state index in [1.54, 1.807) is 25.1 Å². The Morgan fingerprint density at radius 2 is 2.00 bits per heavy atom. The number of benzene rings is 1. The van der Waals surface area contributed by atoms with Crippen LogP contribution in [0, 0.1) is 6.92 Å². The van der Waals surface area contributed by atoms with Crippen LogP contribution in [-0.4, -0.2) is 19.5 Å². The number of halogens is 1. The first-order valence-electron chi connectivity index (χ1n) is 5.42. The van der Waals surface area contributed by atoms with Gasteiger partial charge in [0.2, 0.25) is 0 Å². The van der Waals surface area contributed by atoms with Gasteiger partial charge in [0.25, 0.3) is 10.0 Å². The van der Waals surface area contributed by atoms with Crippen LogP contribution in [0.3, 0.4) is 0 Å². The molecule has 0 fully saturated rings. The zero-order chi connectivity index (χ0) is 14.9. The second kappa shape index (κ2) is 5.55. The largest absolute Gasteiger partial charge is 0.477 e. The monoisotopic (exact) mass is 375 g/mol. The molecule has 0 spiro atoms. The lowest BCUT2D eigenvalue weighted by Crippen LogP contribution is -2.12. The number of hydrogen-bond acceptors (Lipinski definition) is 4. The molecule has 2 rings (SSSR count). The molecule has 0 radical (unpaired) electrons. The maximum absolute atomic E-state index is 12.2. The molecule has 0 saturated carbocycles. The Bertz CT molecular complexity index is 768. The van der Waals surface area contributed by atoms with Crippen molar-refractivity contribution >= 4 is 48.9 Å². The van der Waals surface area contributed by atoms with Gasteiger partial charge >= 0.3 is 5.97 Å². The summed E-state index contributed by atoms with van der Waals surface area (Å²) in [6, 6.07) is 7.72. The van der Waals surface area contributed by atoms with Gasteiger partial charge in [-0.3, -0.25) is 4.72 Å². The molecule has 2 aromatic rings. The third-order valence-corrected chi connectivity index (χ3v) is 6.36. The Morgan fingerprint density at radius 1 is 1.30 bits per heavy atom. The molecule has 0 atom stereocenters. The highest BCUT2D eigenvalue weighted by Crippen LogP contribution is 2.28. The van der Waals surface area contributed by atoms with Gasteiger partial charge in [-0.15, -0.1) is 11.3 Å². The van der Waals surface area contributed by atoms with Gasteiger partial charge in [-0.05, 0) is 36.8 Å². The molecule has 1 aromatic heterocycles. The fourth-order valence-corrected chi connectivity index (χ4v) is 4.13. The molecule has 0 aliphatic rings. The minimum Gasteiger partial charge on any atom is -0.477 e. The van der Waals surface area contributed by atoms with Crippen molar-refractivity contribution in [2.75, 3.05) is 4.72 Å². The third kappa shape index (κ3) is 3.02. The van der Waals surface area contributed by atoms with Gasteiger partial charge < -0.3 is 5.11 Å². The van der Waals surface area contributed by atoms with Crippen LogP contribution in [0.4, 0.5) is 5.69 Å². The number of sulfonamides is 1. The average molecular weight is 376 g/mol. The van der Waals surface area contributed by atoms with Gasteiger partial charge in [-0.1, -0.05) is 22.0 Å². The van der Waals surface area contributed by atoms with Crippen LogP contribution < -0.4 is 4.72 Å². The molecule has 5 nitrogen and oxygen atoms in total. The maximum atomic E-state index is 12.2. The van der Waals surface area contributed by atoms with E-state index in [1.165, 1.54) is 12.1 Å². The fourth-order valence-electron chi connectivity index (χ4n) is 1.49. The van der Waals surface area contributed by atoms with Crippen molar-refractivity contribution in [1.82, 2.24) is 0 Å². The van der Waals surface area contributed by atoms with E-state index < -0.39 is 16.0 Å². The first-order valence-corrected chi connectivity index (χ1v) is 8.51. The van der Waals surface area contributed by atoms with Crippen molar-refractivity contribution in [1.29, 1.82) is 0 Å². The van der Waals surface area contributed by atoms with Crippen LogP contribution in [0.15, 0.2) is 39.0 Å².